The second kappa shape index (κ2) is 3.44. The quantitative estimate of drug-likeness (QED) is 0.648. The van der Waals surface area contributed by atoms with Crippen molar-refractivity contribution < 1.29 is 9.47 Å². The molecule has 2 nitrogen and oxygen atoms in total. The maximum atomic E-state index is 5.58. The molecule has 0 bridgehead atoms. The molecule has 2 rings (SSSR count). The number of fused-ring (bicyclic) bond motifs is 1. The summed E-state index contributed by atoms with van der Waals surface area (Å²) in [6.45, 7) is 10.9. The number of benzene rings is 1. The molecule has 1 unspecified atom stereocenters. The molecule has 1 aromatic carbocycles. The van der Waals surface area contributed by atoms with Crippen molar-refractivity contribution >= 4 is 0 Å². The lowest BCUT2D eigenvalue weighted by atomic mass is 9.87. The Morgan fingerprint density at radius 3 is 2.67 bits per heavy atom. The van der Waals surface area contributed by atoms with Gasteiger partial charge in [-0.05, 0) is 30.0 Å². The summed E-state index contributed by atoms with van der Waals surface area (Å²) in [6, 6.07) is 6.11. The van der Waals surface area contributed by atoms with Gasteiger partial charge in [-0.2, -0.15) is 0 Å². The van der Waals surface area contributed by atoms with Crippen LogP contribution in [0.15, 0.2) is 18.2 Å². The lowest BCUT2D eigenvalue weighted by molar-refractivity contribution is 0.121. The first-order valence-corrected chi connectivity index (χ1v) is 5.24. The Morgan fingerprint density at radius 2 is 2.00 bits per heavy atom. The highest BCUT2D eigenvalue weighted by Crippen LogP contribution is 2.35. The van der Waals surface area contributed by atoms with Crippen molar-refractivity contribution in [2.24, 2.45) is 0 Å². The smallest absolute Gasteiger partial charge is 0.161 e. The minimum absolute atomic E-state index is 0.0991. The summed E-state index contributed by atoms with van der Waals surface area (Å²) in [5, 5.41) is 0. The third-order valence-corrected chi connectivity index (χ3v) is 2.53. The van der Waals surface area contributed by atoms with Gasteiger partial charge in [0.1, 0.15) is 12.7 Å². The second-order valence-corrected chi connectivity index (χ2v) is 4.96. The van der Waals surface area contributed by atoms with Crippen molar-refractivity contribution in [3.8, 4) is 11.5 Å². The fourth-order valence-electron chi connectivity index (χ4n) is 1.58. The highest BCUT2D eigenvalue weighted by atomic mass is 16.6. The molecule has 1 heterocycles. The van der Waals surface area contributed by atoms with E-state index in [4.69, 9.17) is 9.47 Å². The van der Waals surface area contributed by atoms with Crippen LogP contribution < -0.4 is 9.47 Å². The minimum Gasteiger partial charge on any atom is -0.486 e. The number of hydrogen-bond donors (Lipinski definition) is 0. The summed E-state index contributed by atoms with van der Waals surface area (Å²) in [6.07, 6.45) is -0.0991. The fourth-order valence-corrected chi connectivity index (χ4v) is 1.58. The van der Waals surface area contributed by atoms with Gasteiger partial charge in [0.05, 0.1) is 0 Å². The third kappa shape index (κ3) is 2.09. The van der Waals surface area contributed by atoms with Crippen molar-refractivity contribution in [3.63, 3.8) is 0 Å². The largest absolute Gasteiger partial charge is 0.486 e. The first kappa shape index (κ1) is 10.3. The molecule has 81 valence electrons. The zero-order valence-corrected chi connectivity index (χ0v) is 9.54. The average molecular weight is 205 g/mol. The number of ether oxygens (including phenoxy) is 2. The summed E-state index contributed by atoms with van der Waals surface area (Å²) in [7, 11) is 0. The van der Waals surface area contributed by atoms with Crippen molar-refractivity contribution in [2.45, 2.75) is 32.3 Å². The minimum atomic E-state index is -0.0991. The van der Waals surface area contributed by atoms with E-state index in [9.17, 15) is 0 Å². The first-order chi connectivity index (χ1) is 6.97. The number of rotatable bonds is 0. The van der Waals surface area contributed by atoms with Crippen LogP contribution in [-0.2, 0) is 5.41 Å². The van der Waals surface area contributed by atoms with Gasteiger partial charge in [-0.3, -0.25) is 0 Å². The Balaban J connectivity index is 2.35. The molecular weight excluding hydrogens is 188 g/mol. The Labute approximate surface area is 91.2 Å². The van der Waals surface area contributed by atoms with Gasteiger partial charge >= 0.3 is 0 Å². The Hall–Kier alpha value is -1.18. The van der Waals surface area contributed by atoms with Crippen LogP contribution in [0.5, 0.6) is 11.5 Å². The highest BCUT2D eigenvalue weighted by molar-refractivity contribution is 5.45. The van der Waals surface area contributed by atoms with Crippen molar-refractivity contribution in [2.75, 3.05) is 6.61 Å². The monoisotopic (exact) mass is 205 g/mol. The molecule has 0 spiro atoms. The lowest BCUT2D eigenvalue weighted by Crippen LogP contribution is -2.26. The zero-order chi connectivity index (χ0) is 11.1. The molecule has 1 radical (unpaired) electrons. The zero-order valence-electron chi connectivity index (χ0n) is 9.54. The Bertz CT molecular complexity index is 363. The van der Waals surface area contributed by atoms with Crippen LogP contribution in [0.1, 0.15) is 26.3 Å². The average Bonchev–Trinajstić information content (AvgIpc) is 2.15. The molecule has 1 aliphatic rings. The van der Waals surface area contributed by atoms with Crippen LogP contribution in [0, 0.1) is 6.92 Å². The fraction of sp³-hybridized carbons (Fsp3) is 0.462. The molecule has 0 saturated heterocycles. The SMILES string of the molecule is [CH2]C1COc2cc(C(C)(C)C)ccc2O1. The van der Waals surface area contributed by atoms with Gasteiger partial charge in [-0.15, -0.1) is 0 Å². The summed E-state index contributed by atoms with van der Waals surface area (Å²) < 4.78 is 11.1. The van der Waals surface area contributed by atoms with Gasteiger partial charge in [-0.1, -0.05) is 26.8 Å². The van der Waals surface area contributed by atoms with Crippen molar-refractivity contribution in [1.82, 2.24) is 0 Å². The topological polar surface area (TPSA) is 18.5 Å². The molecule has 1 aliphatic heterocycles. The Kier molecular flexibility index (Phi) is 2.37. The van der Waals surface area contributed by atoms with Crippen LogP contribution in [0.3, 0.4) is 0 Å². The standard InChI is InChI=1S/C13H17O2/c1-9-8-14-12-7-10(13(2,3)4)5-6-11(12)15-9/h5-7,9H,1,8H2,2-4H3. The first-order valence-electron chi connectivity index (χ1n) is 5.24. The van der Waals surface area contributed by atoms with Crippen LogP contribution >= 0.6 is 0 Å². The van der Waals surface area contributed by atoms with E-state index in [0.29, 0.717) is 6.61 Å². The van der Waals surface area contributed by atoms with E-state index in [2.05, 4.69) is 39.8 Å². The molecule has 15 heavy (non-hydrogen) atoms. The van der Waals surface area contributed by atoms with Gasteiger partial charge < -0.3 is 9.47 Å². The Morgan fingerprint density at radius 1 is 1.27 bits per heavy atom. The molecule has 0 fully saturated rings. The van der Waals surface area contributed by atoms with E-state index in [-0.39, 0.29) is 11.5 Å². The van der Waals surface area contributed by atoms with Crippen molar-refractivity contribution in [3.05, 3.63) is 30.7 Å². The van der Waals surface area contributed by atoms with Crippen LogP contribution in [0.2, 0.25) is 0 Å². The summed E-state index contributed by atoms with van der Waals surface area (Å²) in [5.41, 5.74) is 1.40. The molecule has 2 heteroatoms. The maximum Gasteiger partial charge on any atom is 0.161 e. The van der Waals surface area contributed by atoms with Gasteiger partial charge in [-0.25, -0.2) is 0 Å². The third-order valence-electron chi connectivity index (χ3n) is 2.53. The predicted octanol–water partition coefficient (Wildman–Crippen LogP) is 2.96. The van der Waals surface area contributed by atoms with E-state index >= 15 is 0 Å². The molecule has 0 aliphatic carbocycles. The van der Waals surface area contributed by atoms with Crippen LogP contribution in [0.4, 0.5) is 0 Å². The highest BCUT2D eigenvalue weighted by Gasteiger charge is 2.21. The van der Waals surface area contributed by atoms with Crippen LogP contribution in [-0.4, -0.2) is 12.7 Å². The lowest BCUT2D eigenvalue weighted by Gasteiger charge is -2.26. The van der Waals surface area contributed by atoms with Crippen molar-refractivity contribution in [1.29, 1.82) is 0 Å². The van der Waals surface area contributed by atoms with E-state index in [0.717, 1.165) is 11.5 Å². The predicted molar refractivity (Wildman–Crippen MR) is 60.4 cm³/mol. The van der Waals surface area contributed by atoms with Gasteiger partial charge in [0.15, 0.2) is 11.5 Å². The van der Waals surface area contributed by atoms with Crippen LogP contribution in [0.25, 0.3) is 0 Å². The van der Waals surface area contributed by atoms with E-state index in [1.165, 1.54) is 5.56 Å². The second-order valence-electron chi connectivity index (χ2n) is 4.96. The van der Waals surface area contributed by atoms with Gasteiger partial charge in [0, 0.05) is 0 Å². The van der Waals surface area contributed by atoms with Gasteiger partial charge in [0.25, 0.3) is 0 Å². The molecule has 1 atom stereocenters. The molecule has 0 N–H and O–H groups in total. The van der Waals surface area contributed by atoms with E-state index in [1.807, 2.05) is 6.07 Å². The summed E-state index contributed by atoms with van der Waals surface area (Å²) in [4.78, 5) is 0. The summed E-state index contributed by atoms with van der Waals surface area (Å²) >= 11 is 0. The molecule has 0 aromatic heterocycles. The maximum absolute atomic E-state index is 5.58. The molecular formula is C13H17O2. The summed E-state index contributed by atoms with van der Waals surface area (Å²) in [5.74, 6) is 1.64. The molecule has 0 amide bonds. The van der Waals surface area contributed by atoms with E-state index < -0.39 is 0 Å². The van der Waals surface area contributed by atoms with E-state index in [1.54, 1.807) is 0 Å². The molecule has 1 aromatic rings. The normalized spacial score (nSPS) is 20.1. The molecule has 0 saturated carbocycles. The number of hydrogen-bond acceptors (Lipinski definition) is 2. The van der Waals surface area contributed by atoms with Gasteiger partial charge in [0.2, 0.25) is 0 Å².